The van der Waals surface area contributed by atoms with Crippen molar-refractivity contribution in [2.75, 3.05) is 19.7 Å². The minimum atomic E-state index is 0.511. The number of nitrogens with one attached hydrogen (secondary N) is 1. The molecule has 0 bridgehead atoms. The largest absolute Gasteiger partial charge is 0.493 e. The quantitative estimate of drug-likeness (QED) is 0.864. The number of ether oxygens (including phenoxy) is 1. The molecule has 0 spiro atoms. The maximum absolute atomic E-state index is 6.30. The van der Waals surface area contributed by atoms with Gasteiger partial charge in [0.25, 0.3) is 0 Å². The molecule has 1 saturated heterocycles. The van der Waals surface area contributed by atoms with Gasteiger partial charge in [-0.2, -0.15) is 0 Å². The molecule has 1 aliphatic heterocycles. The first kappa shape index (κ1) is 15.4. The molecular formula is C18H29NO. The molecule has 1 heterocycles. The molecule has 1 aromatic rings. The maximum atomic E-state index is 6.30. The number of rotatable bonds is 5. The minimum Gasteiger partial charge on any atom is -0.493 e. The van der Waals surface area contributed by atoms with Gasteiger partial charge in [0.2, 0.25) is 0 Å². The summed E-state index contributed by atoms with van der Waals surface area (Å²) in [5.41, 5.74) is 2.70. The van der Waals surface area contributed by atoms with Crippen LogP contribution in [-0.4, -0.2) is 19.7 Å². The lowest BCUT2D eigenvalue weighted by Gasteiger charge is -2.25. The normalized spacial score (nSPS) is 16.9. The van der Waals surface area contributed by atoms with Crippen LogP contribution in [0.15, 0.2) is 18.2 Å². The van der Waals surface area contributed by atoms with Crippen molar-refractivity contribution in [3.63, 3.8) is 0 Å². The Morgan fingerprint density at radius 3 is 2.10 bits per heavy atom. The lowest BCUT2D eigenvalue weighted by Crippen LogP contribution is -2.30. The fourth-order valence-electron chi connectivity index (χ4n) is 2.90. The van der Waals surface area contributed by atoms with E-state index < -0.39 is 0 Å². The van der Waals surface area contributed by atoms with Crippen LogP contribution in [0.1, 0.15) is 63.5 Å². The summed E-state index contributed by atoms with van der Waals surface area (Å²) in [7, 11) is 0. The topological polar surface area (TPSA) is 21.3 Å². The van der Waals surface area contributed by atoms with Gasteiger partial charge in [-0.05, 0) is 54.8 Å². The van der Waals surface area contributed by atoms with E-state index >= 15 is 0 Å². The van der Waals surface area contributed by atoms with Crippen LogP contribution in [0.25, 0.3) is 0 Å². The fraction of sp³-hybridized carbons (Fsp3) is 0.667. The van der Waals surface area contributed by atoms with Crippen LogP contribution in [0, 0.1) is 5.92 Å². The van der Waals surface area contributed by atoms with E-state index in [9.17, 15) is 0 Å². The van der Waals surface area contributed by atoms with Gasteiger partial charge in [-0.25, -0.2) is 0 Å². The molecular weight excluding hydrogens is 246 g/mol. The van der Waals surface area contributed by atoms with Gasteiger partial charge in [0.05, 0.1) is 6.61 Å². The van der Waals surface area contributed by atoms with Crippen LogP contribution in [0.3, 0.4) is 0 Å². The zero-order valence-corrected chi connectivity index (χ0v) is 13.4. The summed E-state index contributed by atoms with van der Waals surface area (Å²) in [6, 6.07) is 6.60. The van der Waals surface area contributed by atoms with Crippen molar-refractivity contribution in [1.82, 2.24) is 5.32 Å². The van der Waals surface area contributed by atoms with Crippen molar-refractivity contribution >= 4 is 0 Å². The highest BCUT2D eigenvalue weighted by Gasteiger charge is 2.18. The summed E-state index contributed by atoms with van der Waals surface area (Å²) in [5.74, 6) is 2.88. The number of hydrogen-bond donors (Lipinski definition) is 1. The second-order valence-corrected chi connectivity index (χ2v) is 6.58. The Morgan fingerprint density at radius 2 is 1.60 bits per heavy atom. The molecule has 0 aromatic heterocycles. The van der Waals surface area contributed by atoms with Crippen molar-refractivity contribution in [3.05, 3.63) is 29.3 Å². The highest BCUT2D eigenvalue weighted by atomic mass is 16.5. The first-order valence-electron chi connectivity index (χ1n) is 8.06. The molecule has 2 rings (SSSR count). The van der Waals surface area contributed by atoms with E-state index in [0.717, 1.165) is 25.4 Å². The highest BCUT2D eigenvalue weighted by molar-refractivity contribution is 5.44. The van der Waals surface area contributed by atoms with E-state index in [-0.39, 0.29) is 0 Å². The molecule has 2 nitrogen and oxygen atoms in total. The summed E-state index contributed by atoms with van der Waals surface area (Å²) in [6.07, 6.45) is 2.47. The molecule has 1 fully saturated rings. The third-order valence-corrected chi connectivity index (χ3v) is 4.24. The Kier molecular flexibility index (Phi) is 5.47. The van der Waals surface area contributed by atoms with Crippen LogP contribution in [0.4, 0.5) is 0 Å². The van der Waals surface area contributed by atoms with E-state index in [1.165, 1.54) is 24.0 Å². The maximum Gasteiger partial charge on any atom is 0.126 e. The predicted octanol–water partition coefficient (Wildman–Crippen LogP) is 4.31. The standard InChI is InChI=1S/C18H29NO/c1-13(2)16-6-5-7-17(14(3)4)18(16)20-12-15-8-10-19-11-9-15/h5-7,13-15,19H,8-12H2,1-4H3. The summed E-state index contributed by atoms with van der Waals surface area (Å²) < 4.78 is 6.30. The van der Waals surface area contributed by atoms with E-state index in [2.05, 4.69) is 51.2 Å². The van der Waals surface area contributed by atoms with Gasteiger partial charge in [0, 0.05) is 0 Å². The molecule has 20 heavy (non-hydrogen) atoms. The van der Waals surface area contributed by atoms with Crippen LogP contribution >= 0.6 is 0 Å². The zero-order chi connectivity index (χ0) is 14.5. The molecule has 0 amide bonds. The smallest absolute Gasteiger partial charge is 0.126 e. The molecule has 0 atom stereocenters. The van der Waals surface area contributed by atoms with Crippen LogP contribution in [0.5, 0.6) is 5.75 Å². The van der Waals surface area contributed by atoms with Gasteiger partial charge in [-0.15, -0.1) is 0 Å². The van der Waals surface area contributed by atoms with Gasteiger partial charge < -0.3 is 10.1 Å². The Morgan fingerprint density at radius 1 is 1.05 bits per heavy atom. The lowest BCUT2D eigenvalue weighted by atomic mass is 9.93. The second kappa shape index (κ2) is 7.12. The minimum absolute atomic E-state index is 0.511. The number of piperidine rings is 1. The zero-order valence-electron chi connectivity index (χ0n) is 13.4. The molecule has 0 saturated carbocycles. The summed E-state index contributed by atoms with van der Waals surface area (Å²) >= 11 is 0. The van der Waals surface area contributed by atoms with Crippen LogP contribution in [0.2, 0.25) is 0 Å². The molecule has 1 aliphatic rings. The molecule has 112 valence electrons. The highest BCUT2D eigenvalue weighted by Crippen LogP contribution is 2.35. The first-order valence-corrected chi connectivity index (χ1v) is 8.06. The van der Waals surface area contributed by atoms with E-state index in [0.29, 0.717) is 17.8 Å². The van der Waals surface area contributed by atoms with E-state index in [4.69, 9.17) is 4.74 Å². The second-order valence-electron chi connectivity index (χ2n) is 6.58. The SMILES string of the molecule is CC(C)c1cccc(C(C)C)c1OCC1CCNCC1. The van der Waals surface area contributed by atoms with Crippen molar-refractivity contribution in [2.45, 2.75) is 52.4 Å². The van der Waals surface area contributed by atoms with Gasteiger partial charge in [-0.1, -0.05) is 45.9 Å². The average molecular weight is 275 g/mol. The monoisotopic (exact) mass is 275 g/mol. The van der Waals surface area contributed by atoms with Gasteiger partial charge >= 0.3 is 0 Å². The number of benzene rings is 1. The Balaban J connectivity index is 2.14. The van der Waals surface area contributed by atoms with Crippen molar-refractivity contribution in [2.24, 2.45) is 5.92 Å². The Hall–Kier alpha value is -1.02. The fourth-order valence-corrected chi connectivity index (χ4v) is 2.90. The molecule has 0 radical (unpaired) electrons. The van der Waals surface area contributed by atoms with Crippen LogP contribution < -0.4 is 10.1 Å². The summed E-state index contributed by atoms with van der Waals surface area (Å²) in [5, 5.41) is 3.42. The summed E-state index contributed by atoms with van der Waals surface area (Å²) in [6.45, 7) is 12.1. The third kappa shape index (κ3) is 3.76. The summed E-state index contributed by atoms with van der Waals surface area (Å²) in [4.78, 5) is 0. The number of hydrogen-bond acceptors (Lipinski definition) is 2. The molecule has 1 N–H and O–H groups in total. The average Bonchev–Trinajstić information content (AvgIpc) is 2.45. The van der Waals surface area contributed by atoms with E-state index in [1.807, 2.05) is 0 Å². The van der Waals surface area contributed by atoms with Crippen molar-refractivity contribution < 1.29 is 4.74 Å². The van der Waals surface area contributed by atoms with Crippen molar-refractivity contribution in [1.29, 1.82) is 0 Å². The molecule has 2 heteroatoms. The predicted molar refractivity (Wildman–Crippen MR) is 85.7 cm³/mol. The Bertz CT molecular complexity index is 393. The van der Waals surface area contributed by atoms with Crippen LogP contribution in [-0.2, 0) is 0 Å². The lowest BCUT2D eigenvalue weighted by molar-refractivity contribution is 0.211. The number of para-hydroxylation sites is 1. The van der Waals surface area contributed by atoms with Gasteiger partial charge in [0.1, 0.15) is 5.75 Å². The van der Waals surface area contributed by atoms with E-state index in [1.54, 1.807) is 0 Å². The third-order valence-electron chi connectivity index (χ3n) is 4.24. The van der Waals surface area contributed by atoms with Crippen molar-refractivity contribution in [3.8, 4) is 5.75 Å². The molecule has 0 aliphatic carbocycles. The van der Waals surface area contributed by atoms with Gasteiger partial charge in [-0.3, -0.25) is 0 Å². The Labute approximate surface area is 123 Å². The molecule has 1 aromatic carbocycles. The van der Waals surface area contributed by atoms with Gasteiger partial charge in [0.15, 0.2) is 0 Å². The molecule has 0 unspecified atom stereocenters. The first-order chi connectivity index (χ1) is 9.59.